The van der Waals surface area contributed by atoms with E-state index in [-0.39, 0.29) is 11.8 Å². The van der Waals surface area contributed by atoms with Gasteiger partial charge in [-0.05, 0) is 57.2 Å². The molecular weight excluding hydrogens is 262 g/mol. The Morgan fingerprint density at radius 1 is 1.19 bits per heavy atom. The summed E-state index contributed by atoms with van der Waals surface area (Å²) < 4.78 is 0. The van der Waals surface area contributed by atoms with Crippen molar-refractivity contribution in [3.63, 3.8) is 0 Å². The van der Waals surface area contributed by atoms with Crippen LogP contribution >= 0.6 is 0 Å². The number of hydrogen-bond acceptors (Lipinski definition) is 3. The van der Waals surface area contributed by atoms with Gasteiger partial charge in [0.2, 0.25) is 5.91 Å². The van der Waals surface area contributed by atoms with Gasteiger partial charge >= 0.3 is 0 Å². The lowest BCUT2D eigenvalue weighted by Crippen LogP contribution is -2.42. The highest BCUT2D eigenvalue weighted by Gasteiger charge is 2.29. The van der Waals surface area contributed by atoms with Crippen molar-refractivity contribution in [2.75, 3.05) is 32.7 Å². The van der Waals surface area contributed by atoms with E-state index in [1.807, 2.05) is 0 Å². The van der Waals surface area contributed by atoms with E-state index in [4.69, 9.17) is 5.73 Å². The fraction of sp³-hybridized carbons (Fsp3) is 0.941. The number of nitrogens with zero attached hydrogens (tertiary/aromatic N) is 1. The standard InChI is InChI=1S/C17H33N3O/c1-14(13-20-9-5-2-6-10-20)12-19-17(21)16-8-4-3-7-15(16)11-18/h14-16H,2-13,18H2,1H3,(H,19,21). The van der Waals surface area contributed by atoms with Crippen LogP contribution in [0.15, 0.2) is 0 Å². The second-order valence-electron chi connectivity index (χ2n) is 7.10. The Labute approximate surface area is 129 Å². The van der Waals surface area contributed by atoms with Gasteiger partial charge in [-0.2, -0.15) is 0 Å². The van der Waals surface area contributed by atoms with Gasteiger partial charge in [0, 0.05) is 19.0 Å². The predicted molar refractivity (Wildman–Crippen MR) is 87.0 cm³/mol. The summed E-state index contributed by atoms with van der Waals surface area (Å²) in [4.78, 5) is 14.9. The van der Waals surface area contributed by atoms with Crippen LogP contribution in [0.4, 0.5) is 0 Å². The zero-order valence-corrected chi connectivity index (χ0v) is 13.7. The number of amides is 1. The van der Waals surface area contributed by atoms with Crippen LogP contribution in [-0.4, -0.2) is 43.5 Å². The van der Waals surface area contributed by atoms with Crippen LogP contribution < -0.4 is 11.1 Å². The normalized spacial score (nSPS) is 29.0. The van der Waals surface area contributed by atoms with Crippen molar-refractivity contribution < 1.29 is 4.79 Å². The topological polar surface area (TPSA) is 58.4 Å². The van der Waals surface area contributed by atoms with E-state index in [1.165, 1.54) is 45.2 Å². The van der Waals surface area contributed by atoms with Crippen molar-refractivity contribution in [2.45, 2.75) is 51.9 Å². The third-order valence-corrected chi connectivity index (χ3v) is 5.19. The Bertz CT molecular complexity index is 315. The lowest BCUT2D eigenvalue weighted by Gasteiger charge is -2.31. The van der Waals surface area contributed by atoms with E-state index in [0.29, 0.717) is 18.4 Å². The molecule has 3 atom stereocenters. The number of nitrogens with two attached hydrogens (primary N) is 1. The molecule has 3 N–H and O–H groups in total. The van der Waals surface area contributed by atoms with Crippen LogP contribution in [0.2, 0.25) is 0 Å². The average Bonchev–Trinajstić information content (AvgIpc) is 2.53. The lowest BCUT2D eigenvalue weighted by atomic mass is 9.78. The van der Waals surface area contributed by atoms with Crippen molar-refractivity contribution in [3.05, 3.63) is 0 Å². The summed E-state index contributed by atoms with van der Waals surface area (Å²) in [5.41, 5.74) is 5.82. The van der Waals surface area contributed by atoms with E-state index in [1.54, 1.807) is 0 Å². The van der Waals surface area contributed by atoms with Crippen LogP contribution in [-0.2, 0) is 4.79 Å². The maximum atomic E-state index is 12.4. The molecule has 0 bridgehead atoms. The molecule has 1 amide bonds. The van der Waals surface area contributed by atoms with E-state index >= 15 is 0 Å². The van der Waals surface area contributed by atoms with Gasteiger partial charge in [-0.15, -0.1) is 0 Å². The highest BCUT2D eigenvalue weighted by atomic mass is 16.1. The van der Waals surface area contributed by atoms with Crippen molar-refractivity contribution in [1.82, 2.24) is 10.2 Å². The third-order valence-electron chi connectivity index (χ3n) is 5.19. The third kappa shape index (κ3) is 5.26. The minimum Gasteiger partial charge on any atom is -0.356 e. The molecule has 1 saturated carbocycles. The molecule has 0 aromatic carbocycles. The molecule has 1 aliphatic carbocycles. The van der Waals surface area contributed by atoms with Gasteiger partial charge < -0.3 is 16.0 Å². The monoisotopic (exact) mass is 295 g/mol. The van der Waals surface area contributed by atoms with Gasteiger partial charge in [-0.3, -0.25) is 4.79 Å². The maximum Gasteiger partial charge on any atom is 0.223 e. The molecule has 3 unspecified atom stereocenters. The predicted octanol–water partition coefficient (Wildman–Crippen LogP) is 1.99. The molecule has 21 heavy (non-hydrogen) atoms. The van der Waals surface area contributed by atoms with Gasteiger partial charge in [0.1, 0.15) is 0 Å². The molecule has 2 rings (SSSR count). The molecule has 0 spiro atoms. The molecule has 2 aliphatic rings. The minimum absolute atomic E-state index is 0.158. The Hall–Kier alpha value is -0.610. The first kappa shape index (κ1) is 16.8. The first-order valence-electron chi connectivity index (χ1n) is 8.91. The van der Waals surface area contributed by atoms with Gasteiger partial charge in [0.25, 0.3) is 0 Å². The molecular formula is C17H33N3O. The quantitative estimate of drug-likeness (QED) is 0.788. The summed E-state index contributed by atoms with van der Waals surface area (Å²) >= 11 is 0. The molecule has 1 heterocycles. The average molecular weight is 295 g/mol. The van der Waals surface area contributed by atoms with E-state index < -0.39 is 0 Å². The second-order valence-corrected chi connectivity index (χ2v) is 7.10. The van der Waals surface area contributed by atoms with Crippen molar-refractivity contribution in [1.29, 1.82) is 0 Å². The van der Waals surface area contributed by atoms with E-state index in [2.05, 4.69) is 17.1 Å². The Kier molecular flexibility index (Phi) is 6.97. The number of piperidine rings is 1. The first-order valence-corrected chi connectivity index (χ1v) is 8.91. The zero-order chi connectivity index (χ0) is 15.1. The number of carbonyl (C=O) groups is 1. The van der Waals surface area contributed by atoms with E-state index in [0.717, 1.165) is 25.9 Å². The summed E-state index contributed by atoms with van der Waals surface area (Å²) in [6.07, 6.45) is 8.60. The summed E-state index contributed by atoms with van der Waals surface area (Å²) in [7, 11) is 0. The van der Waals surface area contributed by atoms with Crippen LogP contribution in [0.25, 0.3) is 0 Å². The molecule has 122 valence electrons. The van der Waals surface area contributed by atoms with Gasteiger partial charge in [-0.1, -0.05) is 26.2 Å². The van der Waals surface area contributed by atoms with Crippen molar-refractivity contribution >= 4 is 5.91 Å². The molecule has 1 saturated heterocycles. The first-order chi connectivity index (χ1) is 10.2. The van der Waals surface area contributed by atoms with Crippen LogP contribution in [0.5, 0.6) is 0 Å². The van der Waals surface area contributed by atoms with E-state index in [9.17, 15) is 4.79 Å². The van der Waals surface area contributed by atoms with Gasteiger partial charge in [-0.25, -0.2) is 0 Å². The maximum absolute atomic E-state index is 12.4. The highest BCUT2D eigenvalue weighted by molar-refractivity contribution is 5.79. The number of rotatable bonds is 6. The van der Waals surface area contributed by atoms with Crippen LogP contribution in [0, 0.1) is 17.8 Å². The smallest absolute Gasteiger partial charge is 0.223 e. The summed E-state index contributed by atoms with van der Waals surface area (Å²) in [5.74, 6) is 1.34. The molecule has 4 heteroatoms. The fourth-order valence-electron chi connectivity index (χ4n) is 3.89. The van der Waals surface area contributed by atoms with Crippen LogP contribution in [0.1, 0.15) is 51.9 Å². The van der Waals surface area contributed by atoms with Gasteiger partial charge in [0.15, 0.2) is 0 Å². The van der Waals surface area contributed by atoms with Crippen LogP contribution in [0.3, 0.4) is 0 Å². The molecule has 1 aliphatic heterocycles. The van der Waals surface area contributed by atoms with Gasteiger partial charge in [0.05, 0.1) is 0 Å². The second kappa shape index (κ2) is 8.74. The summed E-state index contributed by atoms with van der Waals surface area (Å²) in [5, 5.41) is 3.18. The SMILES string of the molecule is CC(CNC(=O)C1CCCCC1CN)CN1CCCCC1. The summed E-state index contributed by atoms with van der Waals surface area (Å²) in [6.45, 7) is 7.29. The molecule has 0 aromatic heterocycles. The largest absolute Gasteiger partial charge is 0.356 e. The molecule has 2 fully saturated rings. The number of likely N-dealkylation sites (tertiary alicyclic amines) is 1. The highest BCUT2D eigenvalue weighted by Crippen LogP contribution is 2.29. The number of nitrogens with one attached hydrogen (secondary N) is 1. The zero-order valence-electron chi connectivity index (χ0n) is 13.7. The number of hydrogen-bond donors (Lipinski definition) is 2. The Morgan fingerprint density at radius 2 is 1.90 bits per heavy atom. The summed E-state index contributed by atoms with van der Waals surface area (Å²) in [6, 6.07) is 0. The molecule has 0 aromatic rings. The van der Waals surface area contributed by atoms with Crippen molar-refractivity contribution in [3.8, 4) is 0 Å². The lowest BCUT2D eigenvalue weighted by molar-refractivity contribution is -0.127. The Morgan fingerprint density at radius 3 is 2.62 bits per heavy atom. The Balaban J connectivity index is 1.69. The molecule has 0 radical (unpaired) electrons. The molecule has 4 nitrogen and oxygen atoms in total. The fourth-order valence-corrected chi connectivity index (χ4v) is 3.89. The number of carbonyl (C=O) groups excluding carboxylic acids is 1. The van der Waals surface area contributed by atoms with Crippen molar-refractivity contribution in [2.24, 2.45) is 23.5 Å². The minimum atomic E-state index is 0.158.